The minimum atomic E-state index is -1.19. The molecule has 3 heterocycles. The van der Waals surface area contributed by atoms with Gasteiger partial charge in [-0.05, 0) is 84.0 Å². The van der Waals surface area contributed by atoms with Gasteiger partial charge in [-0.3, -0.25) is 4.79 Å². The van der Waals surface area contributed by atoms with Crippen molar-refractivity contribution in [3.63, 3.8) is 0 Å². The molecule has 12 nitrogen and oxygen atoms in total. The molecule has 2 fully saturated rings. The second kappa shape index (κ2) is 19.8. The number of cyclic esters (lactones) is 1. The minimum absolute atomic E-state index is 0.217. The predicted molar refractivity (Wildman–Crippen MR) is 193 cm³/mol. The van der Waals surface area contributed by atoms with Crippen LogP contribution in [0.25, 0.3) is 0 Å². The first-order valence-electron chi connectivity index (χ1n) is 18.7. The number of esters is 1. The van der Waals surface area contributed by atoms with E-state index in [0.29, 0.717) is 36.8 Å². The normalized spacial score (nSPS) is 43.0. The van der Waals surface area contributed by atoms with Gasteiger partial charge in [-0.15, -0.1) is 0 Å². The largest absolute Gasteiger partial charge is 0.462 e. The number of ether oxygens (including phenoxy) is 3. The summed E-state index contributed by atoms with van der Waals surface area (Å²) in [4.78, 5) is 17.5. The number of hydrogen-bond donors (Lipinski definition) is 5. The molecule has 288 valence electrons. The van der Waals surface area contributed by atoms with E-state index in [4.69, 9.17) is 14.2 Å². The number of carbonyl (C=O) groups is 1. The molecular formula is C38H67N3O9. The molecule has 12 heteroatoms. The van der Waals surface area contributed by atoms with Gasteiger partial charge < -0.3 is 49.6 Å². The van der Waals surface area contributed by atoms with Crippen LogP contribution in [-0.2, 0) is 19.0 Å². The molecule has 0 bridgehead atoms. The standard InChI is InChI=1S/C38H67N3O9/c1-10-32-29(21-42)16-22(2)11-12-30(39-47)25(5)17-28(13-14-41-19-23(3)15-24(4)20-41)37(26(6)31(43)18-33(44)49-32)50-38-36(46)34(40(8)9)35(45)27(7)48-38/h11-12,16,23-29,31-32,34-38,42-43,45-47H,10,13-15,17-21H2,1-9H3/b12-11+,22-16+,39-30+/t23?,24?,25-,26+,27-,28+,29?,31-,32-,34+,35-,36+,37-,38+/m1/s1. The molecule has 3 aliphatic rings. The van der Waals surface area contributed by atoms with E-state index in [1.54, 1.807) is 32.0 Å². The number of allylic oxidation sites excluding steroid dienone is 3. The zero-order valence-corrected chi connectivity index (χ0v) is 31.9. The Morgan fingerprint density at radius 1 is 1.02 bits per heavy atom. The Hall–Kier alpha value is -1.90. The lowest BCUT2D eigenvalue weighted by atomic mass is 9.79. The van der Waals surface area contributed by atoms with Gasteiger partial charge in [0.15, 0.2) is 6.29 Å². The van der Waals surface area contributed by atoms with Gasteiger partial charge in [0.2, 0.25) is 0 Å². The van der Waals surface area contributed by atoms with Crippen LogP contribution in [0.4, 0.5) is 0 Å². The molecule has 50 heavy (non-hydrogen) atoms. The van der Waals surface area contributed by atoms with Crippen molar-refractivity contribution in [3.8, 4) is 0 Å². The SMILES string of the molecule is CC[C@H]1OC(=O)C[C@@H](O)[C@H](C)[C@@H](O[C@@H]2O[C@H](C)[C@@H](O)[C@H](N(C)C)[C@@H]2O)[C@@H](CCN2CC(C)CC(C)C2)C[C@@H](C)C(=N/O)/C=C/C(C)=C/C1CO. The molecule has 0 aromatic rings. The molecule has 0 amide bonds. The Morgan fingerprint density at radius 2 is 1.68 bits per heavy atom. The maximum absolute atomic E-state index is 13.3. The number of nitrogens with zero attached hydrogens (tertiary/aromatic N) is 3. The summed E-state index contributed by atoms with van der Waals surface area (Å²) in [7, 11) is 3.57. The fourth-order valence-electron chi connectivity index (χ4n) is 8.32. The first-order chi connectivity index (χ1) is 23.6. The molecule has 3 aliphatic heterocycles. The molecule has 2 saturated heterocycles. The lowest BCUT2D eigenvalue weighted by Crippen LogP contribution is -2.63. The third-order valence-corrected chi connectivity index (χ3v) is 11.1. The van der Waals surface area contributed by atoms with Crippen molar-refractivity contribution in [1.82, 2.24) is 9.80 Å². The van der Waals surface area contributed by atoms with Gasteiger partial charge in [0.1, 0.15) is 12.2 Å². The average molecular weight is 710 g/mol. The summed E-state index contributed by atoms with van der Waals surface area (Å²) in [6, 6.07) is -0.654. The summed E-state index contributed by atoms with van der Waals surface area (Å²) in [5.74, 6) is -0.948. The fourth-order valence-corrected chi connectivity index (χ4v) is 8.32. The Bertz CT molecular complexity index is 1140. The van der Waals surface area contributed by atoms with Crippen molar-refractivity contribution < 1.29 is 44.6 Å². The number of piperidine rings is 1. The summed E-state index contributed by atoms with van der Waals surface area (Å²) >= 11 is 0. The molecule has 3 rings (SSSR count). The fraction of sp³-hybridized carbons (Fsp3) is 0.842. The smallest absolute Gasteiger partial charge is 0.308 e. The van der Waals surface area contributed by atoms with Gasteiger partial charge in [0, 0.05) is 30.8 Å². The Balaban J connectivity index is 2.08. The van der Waals surface area contributed by atoms with Gasteiger partial charge in [-0.2, -0.15) is 0 Å². The lowest BCUT2D eigenvalue weighted by Gasteiger charge is -2.47. The Labute approximate surface area is 300 Å². The molecule has 0 radical (unpaired) electrons. The van der Waals surface area contributed by atoms with E-state index in [0.717, 1.165) is 25.2 Å². The number of carbonyl (C=O) groups excluding carboxylic acids is 1. The van der Waals surface area contributed by atoms with Gasteiger partial charge >= 0.3 is 5.97 Å². The van der Waals surface area contributed by atoms with Crippen molar-refractivity contribution in [3.05, 3.63) is 23.8 Å². The quantitative estimate of drug-likeness (QED) is 0.143. The number of hydrogen-bond acceptors (Lipinski definition) is 12. The number of oxime groups is 1. The van der Waals surface area contributed by atoms with Crippen molar-refractivity contribution >= 4 is 11.7 Å². The minimum Gasteiger partial charge on any atom is -0.462 e. The summed E-state index contributed by atoms with van der Waals surface area (Å²) in [5, 5.41) is 58.1. The summed E-state index contributed by atoms with van der Waals surface area (Å²) in [6.07, 6.45) is 1.68. The predicted octanol–water partition coefficient (Wildman–Crippen LogP) is 3.44. The topological polar surface area (TPSA) is 165 Å². The molecule has 0 saturated carbocycles. The van der Waals surface area contributed by atoms with E-state index in [1.165, 1.54) is 6.42 Å². The second-order valence-corrected chi connectivity index (χ2v) is 15.8. The van der Waals surface area contributed by atoms with E-state index in [1.807, 2.05) is 39.8 Å². The van der Waals surface area contributed by atoms with Gasteiger partial charge in [-0.1, -0.05) is 57.5 Å². The van der Waals surface area contributed by atoms with E-state index in [2.05, 4.69) is 23.9 Å². The lowest BCUT2D eigenvalue weighted by molar-refractivity contribution is -0.304. The van der Waals surface area contributed by atoms with Gasteiger partial charge in [0.05, 0.1) is 49.2 Å². The van der Waals surface area contributed by atoms with Crippen molar-refractivity contribution in [2.75, 3.05) is 40.3 Å². The highest BCUT2D eigenvalue weighted by Gasteiger charge is 2.47. The first kappa shape index (κ1) is 42.5. The van der Waals surface area contributed by atoms with Crippen molar-refractivity contribution in [2.45, 2.75) is 130 Å². The maximum atomic E-state index is 13.3. The van der Waals surface area contributed by atoms with Crippen LogP contribution in [0.15, 0.2) is 29.0 Å². The van der Waals surface area contributed by atoms with Crippen molar-refractivity contribution in [2.24, 2.45) is 40.7 Å². The Morgan fingerprint density at radius 3 is 2.26 bits per heavy atom. The van der Waals surface area contributed by atoms with Gasteiger partial charge in [0.25, 0.3) is 0 Å². The van der Waals surface area contributed by atoms with E-state index in [-0.39, 0.29) is 24.9 Å². The monoisotopic (exact) mass is 709 g/mol. The summed E-state index contributed by atoms with van der Waals surface area (Å²) in [6.45, 7) is 16.4. The third-order valence-electron chi connectivity index (χ3n) is 11.1. The third kappa shape index (κ3) is 11.6. The van der Waals surface area contributed by atoms with E-state index in [9.17, 15) is 30.4 Å². The van der Waals surface area contributed by atoms with Crippen LogP contribution in [0.2, 0.25) is 0 Å². The highest BCUT2D eigenvalue weighted by atomic mass is 16.7. The highest BCUT2D eigenvalue weighted by Crippen LogP contribution is 2.35. The molecule has 14 atom stereocenters. The number of rotatable bonds is 8. The van der Waals surface area contributed by atoms with Crippen LogP contribution in [0, 0.1) is 35.5 Å². The first-order valence-corrected chi connectivity index (χ1v) is 18.7. The number of likely N-dealkylation sites (N-methyl/N-ethyl adjacent to an activating group) is 1. The van der Waals surface area contributed by atoms with Crippen LogP contribution < -0.4 is 0 Å². The molecular weight excluding hydrogens is 642 g/mol. The van der Waals surface area contributed by atoms with Gasteiger partial charge in [-0.25, -0.2) is 0 Å². The van der Waals surface area contributed by atoms with Crippen LogP contribution in [0.1, 0.15) is 80.6 Å². The van der Waals surface area contributed by atoms with Crippen molar-refractivity contribution in [1.29, 1.82) is 0 Å². The zero-order valence-electron chi connectivity index (χ0n) is 31.9. The molecule has 5 N–H and O–H groups in total. The van der Waals surface area contributed by atoms with Crippen LogP contribution in [0.3, 0.4) is 0 Å². The number of aliphatic hydroxyl groups excluding tert-OH is 4. The van der Waals surface area contributed by atoms with E-state index >= 15 is 0 Å². The summed E-state index contributed by atoms with van der Waals surface area (Å²) < 4.78 is 18.7. The average Bonchev–Trinajstić information content (AvgIpc) is 3.04. The molecule has 0 aliphatic carbocycles. The molecule has 3 unspecified atom stereocenters. The summed E-state index contributed by atoms with van der Waals surface area (Å²) in [5.41, 5.74) is 1.29. The Kier molecular flexibility index (Phi) is 16.8. The van der Waals surface area contributed by atoms with E-state index < -0.39 is 66.8 Å². The number of aliphatic hydroxyl groups is 4. The molecule has 0 aromatic carbocycles. The zero-order chi connectivity index (χ0) is 37.3. The maximum Gasteiger partial charge on any atom is 0.308 e. The number of likely N-dealkylation sites (tertiary alicyclic amines) is 1. The highest BCUT2D eigenvalue weighted by molar-refractivity contribution is 5.96. The van der Waals surface area contributed by atoms with Crippen LogP contribution in [0.5, 0.6) is 0 Å². The second-order valence-electron chi connectivity index (χ2n) is 15.8. The molecule has 0 spiro atoms. The molecule has 0 aromatic heterocycles. The van der Waals surface area contributed by atoms with Crippen LogP contribution >= 0.6 is 0 Å². The van der Waals surface area contributed by atoms with Crippen LogP contribution in [-0.4, -0.2) is 136 Å².